The molecule has 0 saturated carbocycles. The van der Waals surface area contributed by atoms with Gasteiger partial charge in [-0.15, -0.1) is 0 Å². The summed E-state index contributed by atoms with van der Waals surface area (Å²) in [5.74, 6) is -1.07. The molecule has 0 saturated heterocycles. The molecule has 0 spiro atoms. The standard InChI is InChI=1S/C20H21NO3S/c22-19(23)12-21(15-7-2-1-3-8-15)20(24)18(13-25)17-11-10-14-6-4-5-9-16(14)17/h1-9,17-18,25H,10-13H2,(H,22,23). The maximum absolute atomic E-state index is 13.2. The molecule has 2 unspecified atom stereocenters. The third-order valence-electron chi connectivity index (χ3n) is 4.81. The molecule has 3 rings (SSSR count). The van der Waals surface area contributed by atoms with Crippen LogP contribution in [0, 0.1) is 5.92 Å². The number of hydrogen-bond donors (Lipinski definition) is 2. The molecule has 0 aromatic heterocycles. The van der Waals surface area contributed by atoms with E-state index in [1.165, 1.54) is 16.0 Å². The second-order valence-electron chi connectivity index (χ2n) is 6.29. The summed E-state index contributed by atoms with van der Waals surface area (Å²) >= 11 is 4.42. The number of benzene rings is 2. The summed E-state index contributed by atoms with van der Waals surface area (Å²) in [4.78, 5) is 25.9. The number of rotatable bonds is 6. The Bertz CT molecular complexity index is 763. The smallest absolute Gasteiger partial charge is 0.323 e. The lowest BCUT2D eigenvalue weighted by Gasteiger charge is -2.29. The number of aliphatic carboxylic acids is 1. The molecule has 1 aliphatic rings. The molecule has 0 fully saturated rings. The number of carboxylic acid groups (broad SMARTS) is 1. The number of para-hydroxylation sites is 1. The van der Waals surface area contributed by atoms with Gasteiger partial charge in [0.05, 0.1) is 5.92 Å². The van der Waals surface area contributed by atoms with Crippen molar-refractivity contribution in [3.05, 3.63) is 65.7 Å². The van der Waals surface area contributed by atoms with Crippen molar-refractivity contribution in [1.29, 1.82) is 0 Å². The molecule has 1 N–H and O–H groups in total. The van der Waals surface area contributed by atoms with Gasteiger partial charge in [-0.3, -0.25) is 9.59 Å². The Morgan fingerprint density at radius 1 is 1.12 bits per heavy atom. The van der Waals surface area contributed by atoms with Gasteiger partial charge in [0.1, 0.15) is 6.54 Å². The first-order chi connectivity index (χ1) is 12.1. The fraction of sp³-hybridized carbons (Fsp3) is 0.300. The first-order valence-electron chi connectivity index (χ1n) is 8.38. The van der Waals surface area contributed by atoms with E-state index < -0.39 is 5.97 Å². The molecule has 5 heteroatoms. The van der Waals surface area contributed by atoms with E-state index in [-0.39, 0.29) is 24.3 Å². The zero-order valence-corrected chi connectivity index (χ0v) is 14.7. The minimum absolute atomic E-state index is 0.0845. The largest absolute Gasteiger partial charge is 0.480 e. The third-order valence-corrected chi connectivity index (χ3v) is 5.20. The summed E-state index contributed by atoms with van der Waals surface area (Å²) in [5, 5.41) is 9.26. The van der Waals surface area contributed by atoms with E-state index in [0.717, 1.165) is 12.8 Å². The van der Waals surface area contributed by atoms with Crippen LogP contribution in [-0.4, -0.2) is 29.3 Å². The van der Waals surface area contributed by atoms with E-state index in [4.69, 9.17) is 0 Å². The van der Waals surface area contributed by atoms with Crippen LogP contribution in [0.5, 0.6) is 0 Å². The Morgan fingerprint density at radius 3 is 2.48 bits per heavy atom. The highest BCUT2D eigenvalue weighted by atomic mass is 32.1. The van der Waals surface area contributed by atoms with Gasteiger partial charge in [-0.25, -0.2) is 0 Å². The second kappa shape index (κ2) is 7.74. The van der Waals surface area contributed by atoms with Gasteiger partial charge in [-0.2, -0.15) is 12.6 Å². The van der Waals surface area contributed by atoms with Crippen molar-refractivity contribution in [1.82, 2.24) is 0 Å². The zero-order valence-electron chi connectivity index (χ0n) is 13.8. The first kappa shape index (κ1) is 17.5. The van der Waals surface area contributed by atoms with E-state index in [9.17, 15) is 14.7 Å². The number of nitrogens with zero attached hydrogens (tertiary/aromatic N) is 1. The van der Waals surface area contributed by atoms with Gasteiger partial charge < -0.3 is 10.0 Å². The molecule has 2 aromatic carbocycles. The van der Waals surface area contributed by atoms with Crippen molar-refractivity contribution in [3.63, 3.8) is 0 Å². The maximum Gasteiger partial charge on any atom is 0.323 e. The van der Waals surface area contributed by atoms with Crippen LogP contribution in [0.3, 0.4) is 0 Å². The zero-order chi connectivity index (χ0) is 17.8. The molecule has 2 atom stereocenters. The normalized spacial score (nSPS) is 16.9. The summed E-state index contributed by atoms with van der Waals surface area (Å²) in [6.07, 6.45) is 1.84. The van der Waals surface area contributed by atoms with Crippen LogP contribution in [0.2, 0.25) is 0 Å². The van der Waals surface area contributed by atoms with Crippen LogP contribution in [0.15, 0.2) is 54.6 Å². The monoisotopic (exact) mass is 355 g/mol. The molecule has 0 heterocycles. The Hall–Kier alpha value is -2.27. The topological polar surface area (TPSA) is 57.6 Å². The van der Waals surface area contributed by atoms with E-state index in [1.807, 2.05) is 18.2 Å². The van der Waals surface area contributed by atoms with Crippen LogP contribution >= 0.6 is 12.6 Å². The Labute approximate surface area is 152 Å². The number of thiol groups is 1. The fourth-order valence-electron chi connectivity index (χ4n) is 3.63. The van der Waals surface area contributed by atoms with Gasteiger partial charge in [0.15, 0.2) is 0 Å². The molecule has 0 radical (unpaired) electrons. The quantitative estimate of drug-likeness (QED) is 0.781. The number of carbonyl (C=O) groups excluding carboxylic acids is 1. The molecule has 130 valence electrons. The van der Waals surface area contributed by atoms with Crippen molar-refractivity contribution in [2.24, 2.45) is 5.92 Å². The number of carbonyl (C=O) groups is 2. The second-order valence-corrected chi connectivity index (χ2v) is 6.65. The van der Waals surface area contributed by atoms with Crippen molar-refractivity contribution in [2.75, 3.05) is 17.2 Å². The highest BCUT2D eigenvalue weighted by molar-refractivity contribution is 7.80. The maximum atomic E-state index is 13.2. The SMILES string of the molecule is O=C(O)CN(C(=O)C(CS)C1CCc2ccccc21)c1ccccc1. The number of aryl methyl sites for hydroxylation is 1. The van der Waals surface area contributed by atoms with E-state index in [2.05, 4.69) is 24.8 Å². The van der Waals surface area contributed by atoms with Crippen LogP contribution in [-0.2, 0) is 16.0 Å². The lowest BCUT2D eigenvalue weighted by atomic mass is 9.87. The summed E-state index contributed by atoms with van der Waals surface area (Å²) < 4.78 is 0. The Balaban J connectivity index is 1.91. The minimum Gasteiger partial charge on any atom is -0.480 e. The number of fused-ring (bicyclic) bond motifs is 1. The third kappa shape index (κ3) is 3.71. The van der Waals surface area contributed by atoms with Gasteiger partial charge in [0.2, 0.25) is 5.91 Å². The Morgan fingerprint density at radius 2 is 1.80 bits per heavy atom. The number of anilines is 1. The van der Waals surface area contributed by atoms with Crippen molar-refractivity contribution < 1.29 is 14.7 Å². The average molecular weight is 355 g/mol. The lowest BCUT2D eigenvalue weighted by Crippen LogP contribution is -2.42. The summed E-state index contributed by atoms with van der Waals surface area (Å²) in [6, 6.07) is 17.1. The van der Waals surface area contributed by atoms with Gasteiger partial charge in [0, 0.05) is 11.4 Å². The summed E-state index contributed by atoms with van der Waals surface area (Å²) in [7, 11) is 0. The minimum atomic E-state index is -1.03. The molecule has 1 aliphatic carbocycles. The van der Waals surface area contributed by atoms with Crippen molar-refractivity contribution in [3.8, 4) is 0 Å². The molecule has 0 aliphatic heterocycles. The van der Waals surface area contributed by atoms with Crippen molar-refractivity contribution >= 4 is 30.2 Å². The van der Waals surface area contributed by atoms with Gasteiger partial charge in [-0.05, 0) is 42.0 Å². The predicted molar refractivity (Wildman–Crippen MR) is 101 cm³/mol. The predicted octanol–water partition coefficient (Wildman–Crippen LogP) is 3.38. The molecular formula is C20H21NO3S. The van der Waals surface area contributed by atoms with Crippen LogP contribution in [0.1, 0.15) is 23.5 Å². The average Bonchev–Trinajstić information content (AvgIpc) is 3.05. The summed E-state index contributed by atoms with van der Waals surface area (Å²) in [5.41, 5.74) is 3.07. The number of amides is 1. The lowest BCUT2D eigenvalue weighted by molar-refractivity contribution is -0.137. The molecule has 2 aromatic rings. The number of hydrogen-bond acceptors (Lipinski definition) is 3. The van der Waals surface area contributed by atoms with Crippen LogP contribution in [0.4, 0.5) is 5.69 Å². The number of carboxylic acids is 1. The van der Waals surface area contributed by atoms with Crippen molar-refractivity contribution in [2.45, 2.75) is 18.8 Å². The van der Waals surface area contributed by atoms with E-state index >= 15 is 0 Å². The molecular weight excluding hydrogens is 334 g/mol. The van der Waals surface area contributed by atoms with Gasteiger partial charge in [0.25, 0.3) is 0 Å². The highest BCUT2D eigenvalue weighted by Gasteiger charge is 2.36. The highest BCUT2D eigenvalue weighted by Crippen LogP contribution is 2.40. The summed E-state index contributed by atoms with van der Waals surface area (Å²) in [6.45, 7) is -0.346. The van der Waals surface area contributed by atoms with E-state index in [0.29, 0.717) is 11.4 Å². The molecule has 1 amide bonds. The van der Waals surface area contributed by atoms with E-state index in [1.54, 1.807) is 24.3 Å². The van der Waals surface area contributed by atoms with Gasteiger partial charge in [-0.1, -0.05) is 42.5 Å². The Kier molecular flexibility index (Phi) is 5.43. The molecule has 0 bridgehead atoms. The molecule has 25 heavy (non-hydrogen) atoms. The fourth-order valence-corrected chi connectivity index (χ4v) is 4.04. The molecule has 4 nitrogen and oxygen atoms in total. The van der Waals surface area contributed by atoms with Gasteiger partial charge >= 0.3 is 5.97 Å². The van der Waals surface area contributed by atoms with Crippen LogP contribution < -0.4 is 4.90 Å². The van der Waals surface area contributed by atoms with Crippen LogP contribution in [0.25, 0.3) is 0 Å². The first-order valence-corrected chi connectivity index (χ1v) is 9.02.